The van der Waals surface area contributed by atoms with E-state index in [1.54, 1.807) is 16.2 Å². The first kappa shape index (κ1) is 27.0. The van der Waals surface area contributed by atoms with Crippen LogP contribution in [0, 0.1) is 12.8 Å². The van der Waals surface area contributed by atoms with E-state index in [0.29, 0.717) is 19.5 Å². The minimum absolute atomic E-state index is 0.0269. The number of benzene rings is 2. The fourth-order valence-corrected chi connectivity index (χ4v) is 5.78. The average molecular weight is 519 g/mol. The highest BCUT2D eigenvalue weighted by Gasteiger charge is 2.38. The highest BCUT2D eigenvalue weighted by atomic mass is 32.1. The molecule has 3 aromatic rings. The lowest BCUT2D eigenvalue weighted by atomic mass is 9.95. The molecule has 0 saturated carbocycles. The van der Waals surface area contributed by atoms with Gasteiger partial charge in [0.1, 0.15) is 6.04 Å². The molecule has 0 bridgehead atoms. The van der Waals surface area contributed by atoms with Crippen LogP contribution in [0.5, 0.6) is 0 Å². The zero-order chi connectivity index (χ0) is 26.4. The van der Waals surface area contributed by atoms with E-state index in [0.717, 1.165) is 35.2 Å². The van der Waals surface area contributed by atoms with Crippen LogP contribution in [0.2, 0.25) is 0 Å². The van der Waals surface area contributed by atoms with Crippen LogP contribution in [0.1, 0.15) is 62.9 Å². The minimum atomic E-state index is -0.424. The predicted octanol–water partition coefficient (Wildman–Crippen LogP) is 5.49. The van der Waals surface area contributed by atoms with E-state index in [1.807, 2.05) is 42.8 Å². The number of amides is 2. The largest absolute Gasteiger partial charge is 0.350 e. The number of aryl methyl sites for hydroxylation is 1. The number of nitrogens with one attached hydrogen (secondary N) is 2. The topological polar surface area (TPSA) is 74.3 Å². The zero-order valence-corrected chi connectivity index (χ0v) is 23.1. The summed E-state index contributed by atoms with van der Waals surface area (Å²) in [4.78, 5) is 34.3. The van der Waals surface area contributed by atoms with E-state index in [1.165, 1.54) is 4.88 Å². The standard InChI is InChI=1S/C30H38N4O2S/c1-5-20(2)27(33-21(3)24-10-7-6-8-11-24)30(36)34-17-9-12-26(34)29(35)31-18-23-13-15-25(16-14-23)28-22(4)32-19-37-28/h6-8,10-11,13-16,19-21,26-27,33H,5,9,12,17-18H2,1-4H3,(H,31,35)/t20?,21?,26-,27?/m0/s1. The summed E-state index contributed by atoms with van der Waals surface area (Å²) in [6.45, 7) is 9.38. The Morgan fingerprint density at radius 1 is 1.11 bits per heavy atom. The lowest BCUT2D eigenvalue weighted by Crippen LogP contribution is -2.54. The molecule has 0 aliphatic carbocycles. The fourth-order valence-electron chi connectivity index (χ4n) is 4.96. The molecule has 1 aromatic heterocycles. The van der Waals surface area contributed by atoms with Crippen molar-refractivity contribution in [2.45, 2.75) is 71.6 Å². The van der Waals surface area contributed by atoms with E-state index < -0.39 is 6.04 Å². The molecule has 4 atom stereocenters. The minimum Gasteiger partial charge on any atom is -0.350 e. The maximum Gasteiger partial charge on any atom is 0.243 e. The van der Waals surface area contributed by atoms with Gasteiger partial charge in [-0.1, -0.05) is 74.9 Å². The maximum atomic E-state index is 13.8. The third-order valence-corrected chi connectivity index (χ3v) is 8.45. The Kier molecular flexibility index (Phi) is 9.11. The molecule has 1 saturated heterocycles. The molecule has 0 spiro atoms. The molecule has 2 aromatic carbocycles. The fraction of sp³-hybridized carbons (Fsp3) is 0.433. The zero-order valence-electron chi connectivity index (χ0n) is 22.2. The summed E-state index contributed by atoms with van der Waals surface area (Å²) < 4.78 is 0. The molecule has 0 radical (unpaired) electrons. The Balaban J connectivity index is 1.39. The van der Waals surface area contributed by atoms with Crippen LogP contribution < -0.4 is 10.6 Å². The van der Waals surface area contributed by atoms with Gasteiger partial charge >= 0.3 is 0 Å². The number of rotatable bonds is 10. The normalized spacial score (nSPS) is 17.8. The van der Waals surface area contributed by atoms with Crippen molar-refractivity contribution in [1.82, 2.24) is 20.5 Å². The number of hydrogen-bond donors (Lipinski definition) is 2. The summed E-state index contributed by atoms with van der Waals surface area (Å²) in [5, 5.41) is 6.65. The highest BCUT2D eigenvalue weighted by Crippen LogP contribution is 2.27. The molecule has 1 fully saturated rings. The quantitative estimate of drug-likeness (QED) is 0.372. The van der Waals surface area contributed by atoms with Crippen molar-refractivity contribution < 1.29 is 9.59 Å². The Bertz CT molecular complexity index is 1180. The van der Waals surface area contributed by atoms with E-state index in [9.17, 15) is 9.59 Å². The van der Waals surface area contributed by atoms with Crippen LogP contribution in [0.15, 0.2) is 60.1 Å². The number of carbonyl (C=O) groups excluding carboxylic acids is 2. The number of aromatic nitrogens is 1. The van der Waals surface area contributed by atoms with Gasteiger partial charge in [-0.15, -0.1) is 11.3 Å². The first-order valence-electron chi connectivity index (χ1n) is 13.3. The van der Waals surface area contributed by atoms with Gasteiger partial charge in [-0.2, -0.15) is 0 Å². The van der Waals surface area contributed by atoms with Crippen molar-refractivity contribution in [2.75, 3.05) is 6.54 Å². The van der Waals surface area contributed by atoms with E-state index in [2.05, 4.69) is 60.7 Å². The molecule has 7 heteroatoms. The Hall–Kier alpha value is -3.03. The third kappa shape index (κ3) is 6.46. The van der Waals surface area contributed by atoms with Gasteiger partial charge in [0, 0.05) is 19.1 Å². The first-order valence-corrected chi connectivity index (χ1v) is 14.2. The molecule has 3 unspecified atom stereocenters. The van der Waals surface area contributed by atoms with Gasteiger partial charge in [-0.25, -0.2) is 4.98 Å². The van der Waals surface area contributed by atoms with Crippen molar-refractivity contribution in [3.05, 3.63) is 76.9 Å². The number of nitrogens with zero attached hydrogens (tertiary/aromatic N) is 2. The van der Waals surface area contributed by atoms with Gasteiger partial charge in [0.25, 0.3) is 0 Å². The smallest absolute Gasteiger partial charge is 0.243 e. The second-order valence-corrected chi connectivity index (χ2v) is 10.9. The lowest BCUT2D eigenvalue weighted by molar-refractivity contribution is -0.141. The van der Waals surface area contributed by atoms with Crippen LogP contribution in [0.25, 0.3) is 10.4 Å². The van der Waals surface area contributed by atoms with Gasteiger partial charge in [0.15, 0.2) is 0 Å². The summed E-state index contributed by atoms with van der Waals surface area (Å²) in [5.74, 6) is 0.106. The molecule has 4 rings (SSSR count). The van der Waals surface area contributed by atoms with E-state index >= 15 is 0 Å². The van der Waals surface area contributed by atoms with Crippen molar-refractivity contribution in [3.63, 3.8) is 0 Å². The predicted molar refractivity (Wildman–Crippen MR) is 150 cm³/mol. The summed E-state index contributed by atoms with van der Waals surface area (Å²) in [6.07, 6.45) is 2.42. The third-order valence-electron chi connectivity index (χ3n) is 7.48. The molecule has 2 heterocycles. The average Bonchev–Trinajstić information content (AvgIpc) is 3.59. The van der Waals surface area contributed by atoms with Gasteiger partial charge in [0.05, 0.1) is 22.1 Å². The maximum absolute atomic E-state index is 13.8. The van der Waals surface area contributed by atoms with Crippen LogP contribution in [0.3, 0.4) is 0 Å². The second kappa shape index (κ2) is 12.5. The molecule has 1 aliphatic heterocycles. The van der Waals surface area contributed by atoms with Crippen LogP contribution in [0.4, 0.5) is 0 Å². The Labute approximate surface area is 224 Å². The molecule has 2 N–H and O–H groups in total. The van der Waals surface area contributed by atoms with Crippen molar-refractivity contribution >= 4 is 23.2 Å². The Morgan fingerprint density at radius 3 is 2.49 bits per heavy atom. The van der Waals surface area contributed by atoms with Crippen molar-refractivity contribution in [1.29, 1.82) is 0 Å². The van der Waals surface area contributed by atoms with Crippen LogP contribution >= 0.6 is 11.3 Å². The van der Waals surface area contributed by atoms with E-state index in [-0.39, 0.29) is 29.8 Å². The van der Waals surface area contributed by atoms with Crippen molar-refractivity contribution in [2.24, 2.45) is 5.92 Å². The van der Waals surface area contributed by atoms with Crippen molar-refractivity contribution in [3.8, 4) is 10.4 Å². The van der Waals surface area contributed by atoms with Crippen LogP contribution in [-0.2, 0) is 16.1 Å². The highest BCUT2D eigenvalue weighted by molar-refractivity contribution is 7.13. The second-order valence-electron chi connectivity index (χ2n) is 10.0. The monoisotopic (exact) mass is 518 g/mol. The molecule has 37 heavy (non-hydrogen) atoms. The number of likely N-dealkylation sites (tertiary alicyclic amines) is 1. The van der Waals surface area contributed by atoms with Gasteiger partial charge in [0.2, 0.25) is 11.8 Å². The lowest BCUT2D eigenvalue weighted by Gasteiger charge is -2.33. The number of hydrogen-bond acceptors (Lipinski definition) is 5. The van der Waals surface area contributed by atoms with E-state index in [4.69, 9.17) is 0 Å². The Morgan fingerprint density at radius 2 is 1.84 bits per heavy atom. The summed E-state index contributed by atoms with van der Waals surface area (Å²) >= 11 is 1.63. The van der Waals surface area contributed by atoms with Gasteiger partial charge < -0.3 is 10.2 Å². The summed E-state index contributed by atoms with van der Waals surface area (Å²) in [7, 11) is 0. The molecule has 1 aliphatic rings. The molecule has 6 nitrogen and oxygen atoms in total. The summed E-state index contributed by atoms with van der Waals surface area (Å²) in [5.41, 5.74) is 6.20. The molecular weight excluding hydrogens is 480 g/mol. The van der Waals surface area contributed by atoms with Crippen LogP contribution in [-0.4, -0.2) is 40.3 Å². The van der Waals surface area contributed by atoms with Gasteiger partial charge in [-0.05, 0) is 49.3 Å². The number of carbonyl (C=O) groups is 2. The number of thiazole rings is 1. The molecule has 196 valence electrons. The first-order chi connectivity index (χ1) is 17.9. The van der Waals surface area contributed by atoms with Gasteiger partial charge in [-0.3, -0.25) is 14.9 Å². The SMILES string of the molecule is CCC(C)C(NC(C)c1ccccc1)C(=O)N1CCC[C@H]1C(=O)NCc1ccc(-c2scnc2C)cc1. The molecular formula is C30H38N4O2S. The molecule has 2 amide bonds. The summed E-state index contributed by atoms with van der Waals surface area (Å²) in [6, 6.07) is 17.7.